The first-order valence-corrected chi connectivity index (χ1v) is 6.77. The molecule has 1 fully saturated rings. The van der Waals surface area contributed by atoms with Crippen molar-refractivity contribution in [2.45, 2.75) is 32.2 Å². The van der Waals surface area contributed by atoms with E-state index in [-0.39, 0.29) is 39.8 Å². The zero-order chi connectivity index (χ0) is 15.4. The number of hydrogen-bond acceptors (Lipinski definition) is 4. The molecule has 2 aliphatic rings. The first-order valence-electron chi connectivity index (χ1n) is 6.77. The first kappa shape index (κ1) is 18.4. The van der Waals surface area contributed by atoms with E-state index in [0.717, 1.165) is 11.3 Å². The molecule has 0 aromatic rings. The zero-order valence-corrected chi connectivity index (χ0v) is 15.4. The smallest absolute Gasteiger partial charge is 0.699 e. The van der Waals surface area contributed by atoms with Crippen LogP contribution in [0.3, 0.4) is 0 Å². The summed E-state index contributed by atoms with van der Waals surface area (Å²) >= 11 is 0. The van der Waals surface area contributed by atoms with Gasteiger partial charge in [0.05, 0.1) is 0 Å². The van der Waals surface area contributed by atoms with Gasteiger partial charge in [-0.15, -0.1) is 6.08 Å². The molecule has 0 bridgehead atoms. The zero-order valence-electron chi connectivity index (χ0n) is 12.4. The average Bonchev–Trinajstić information content (AvgIpc) is 2.63. The predicted molar refractivity (Wildman–Crippen MR) is 76.8 cm³/mol. The Morgan fingerprint density at radius 2 is 2.18 bits per heavy atom. The van der Waals surface area contributed by atoms with Gasteiger partial charge in [0.2, 0.25) is 11.8 Å². The molecule has 1 aliphatic heterocycles. The Labute approximate surface area is 143 Å². The van der Waals surface area contributed by atoms with Gasteiger partial charge in [-0.25, -0.2) is 0 Å². The minimum atomic E-state index is -0.797. The number of nitrogens with zero attached hydrogens (tertiary/aromatic N) is 1. The number of piperidine rings is 1. The molecule has 22 heavy (non-hydrogen) atoms. The number of allylic oxidation sites excluding steroid dienone is 3. The molecule has 0 saturated carbocycles. The third-order valence-electron chi connectivity index (χ3n) is 3.42. The Bertz CT molecular complexity index is 579. The van der Waals surface area contributed by atoms with Crippen LogP contribution >= 0.6 is 0 Å². The normalized spacial score (nSPS) is 21.4. The maximum atomic E-state index is 12.2. The van der Waals surface area contributed by atoms with E-state index < -0.39 is 17.9 Å². The molecule has 6 nitrogen and oxygen atoms in total. The molecule has 1 aliphatic carbocycles. The van der Waals surface area contributed by atoms with Crippen molar-refractivity contribution in [1.82, 2.24) is 10.6 Å². The topological polar surface area (TPSA) is 89.4 Å². The molecule has 116 valence electrons. The standard InChI is InChI=1S/C15H18N3O3.W/c1-9-8-10(4-3-5-11(9)16-2)14(20)17-12-6-7-13(19)18-15(12)21;/h3,8,12H,5-7H2,1-2H3,(H3,16,17,18,19,20,21);/q-1;+2/p-1/t12-;/m1./s1. The van der Waals surface area contributed by atoms with Crippen LogP contribution in [-0.4, -0.2) is 30.8 Å². The number of hydrogen-bond donors (Lipinski definition) is 2. The van der Waals surface area contributed by atoms with E-state index in [1.807, 2.05) is 14.0 Å². The summed E-state index contributed by atoms with van der Waals surface area (Å²) in [4.78, 5) is 34.8. The Morgan fingerprint density at radius 1 is 1.45 bits per heavy atom. The van der Waals surface area contributed by atoms with Gasteiger partial charge in [0.15, 0.2) is 0 Å². The molecule has 0 spiro atoms. The third kappa shape index (κ3) is 4.40. The van der Waals surface area contributed by atoms with Gasteiger partial charge in [-0.3, -0.25) is 14.9 Å². The fourth-order valence-corrected chi connectivity index (χ4v) is 2.21. The number of rotatable bonds is 3. The number of carbonyl (C=O) groups excluding carboxylic acids is 3. The van der Waals surface area contributed by atoms with Crippen LogP contribution < -0.4 is 10.6 Å². The van der Waals surface area contributed by atoms with Crippen LogP contribution in [0.5, 0.6) is 0 Å². The van der Waals surface area contributed by atoms with Crippen molar-refractivity contribution in [1.29, 1.82) is 0 Å². The summed E-state index contributed by atoms with van der Waals surface area (Å²) in [5, 5.41) is 9.16. The van der Waals surface area contributed by atoms with E-state index in [1.54, 1.807) is 12.2 Å². The molecular formula is C15H17N3O3W. The molecule has 2 N–H and O–H groups in total. The van der Waals surface area contributed by atoms with Crippen LogP contribution in [0.2, 0.25) is 0 Å². The minimum Gasteiger partial charge on any atom is -0.699 e. The fourth-order valence-electron chi connectivity index (χ4n) is 2.21. The van der Waals surface area contributed by atoms with Gasteiger partial charge in [0.25, 0.3) is 0 Å². The molecule has 2 rings (SSSR count). The van der Waals surface area contributed by atoms with Crippen molar-refractivity contribution < 1.29 is 35.4 Å². The summed E-state index contributed by atoms with van der Waals surface area (Å²) in [6.45, 7) is 1.89. The number of amides is 3. The molecule has 0 radical (unpaired) electrons. The molecule has 1 atom stereocenters. The van der Waals surface area contributed by atoms with Crippen molar-refractivity contribution in [3.05, 3.63) is 40.4 Å². The van der Waals surface area contributed by atoms with Crippen LogP contribution in [-0.2, 0) is 35.4 Å². The molecule has 3 amide bonds. The Balaban J connectivity index is 0.00000242. The molecule has 1 saturated heterocycles. The molecular weight excluding hydrogens is 454 g/mol. The second-order valence-corrected chi connectivity index (χ2v) is 4.92. The number of imide groups is 1. The van der Waals surface area contributed by atoms with Crippen LogP contribution in [0, 0.1) is 6.08 Å². The fraction of sp³-hybridized carbons (Fsp3) is 0.400. The van der Waals surface area contributed by atoms with E-state index >= 15 is 0 Å². The summed E-state index contributed by atoms with van der Waals surface area (Å²) < 4.78 is 0. The summed E-state index contributed by atoms with van der Waals surface area (Å²) in [7, 11) is 1.82. The quantitative estimate of drug-likeness (QED) is 0.473. The third-order valence-corrected chi connectivity index (χ3v) is 3.42. The van der Waals surface area contributed by atoms with Crippen molar-refractivity contribution in [3.63, 3.8) is 0 Å². The maximum absolute atomic E-state index is 12.2. The van der Waals surface area contributed by atoms with Crippen molar-refractivity contribution in [2.75, 3.05) is 7.05 Å². The SMILES string of the molecule is CNC1=C(C)C=C(C(=O)[N-][C@@H]2CCC(=O)NC2=O)[C-]=CC1.[W+2]. The van der Waals surface area contributed by atoms with Gasteiger partial charge < -0.3 is 15.4 Å². The minimum absolute atomic E-state index is 0. The van der Waals surface area contributed by atoms with Gasteiger partial charge >= 0.3 is 21.1 Å². The second kappa shape index (κ2) is 8.08. The predicted octanol–water partition coefficient (Wildman–Crippen LogP) is 0.872. The Hall–Kier alpha value is -1.68. The van der Waals surface area contributed by atoms with Gasteiger partial charge in [-0.1, -0.05) is 5.57 Å². The first-order chi connectivity index (χ1) is 10.0. The summed E-state index contributed by atoms with van der Waals surface area (Å²) in [5.41, 5.74) is 2.26. The van der Waals surface area contributed by atoms with E-state index in [4.69, 9.17) is 0 Å². The van der Waals surface area contributed by atoms with Crippen molar-refractivity contribution in [3.8, 4) is 0 Å². The molecule has 0 aromatic heterocycles. The Kier molecular flexibility index (Phi) is 6.75. The van der Waals surface area contributed by atoms with Gasteiger partial charge in [0.1, 0.15) is 0 Å². The number of nitrogens with one attached hydrogen (secondary N) is 2. The number of carbonyl (C=O) groups is 3. The van der Waals surface area contributed by atoms with Gasteiger partial charge in [0, 0.05) is 19.2 Å². The van der Waals surface area contributed by atoms with Crippen LogP contribution in [0.25, 0.3) is 5.32 Å². The molecule has 7 heteroatoms. The molecule has 0 aromatic carbocycles. The second-order valence-electron chi connectivity index (χ2n) is 4.92. The molecule has 0 unspecified atom stereocenters. The maximum Gasteiger partial charge on any atom is 2.00 e. The van der Waals surface area contributed by atoms with Gasteiger partial charge in [-0.05, 0) is 31.7 Å². The summed E-state index contributed by atoms with van der Waals surface area (Å²) in [5.74, 6) is -1.32. The average molecular weight is 471 g/mol. The van der Waals surface area contributed by atoms with E-state index in [2.05, 4.69) is 22.0 Å². The Morgan fingerprint density at radius 3 is 2.82 bits per heavy atom. The van der Waals surface area contributed by atoms with E-state index in [0.29, 0.717) is 12.0 Å². The molecule has 1 heterocycles. The van der Waals surface area contributed by atoms with E-state index in [1.165, 1.54) is 0 Å². The van der Waals surface area contributed by atoms with Crippen LogP contribution in [0.15, 0.2) is 29.0 Å². The van der Waals surface area contributed by atoms with Crippen LogP contribution in [0.4, 0.5) is 0 Å². The van der Waals surface area contributed by atoms with Crippen molar-refractivity contribution >= 4 is 17.7 Å². The van der Waals surface area contributed by atoms with Crippen molar-refractivity contribution in [2.24, 2.45) is 0 Å². The summed E-state index contributed by atoms with van der Waals surface area (Å²) in [6, 6.07) is -0.797. The van der Waals surface area contributed by atoms with Gasteiger partial charge in [-0.2, -0.15) is 17.7 Å². The van der Waals surface area contributed by atoms with Crippen LogP contribution in [0.1, 0.15) is 26.2 Å². The van der Waals surface area contributed by atoms with E-state index in [9.17, 15) is 14.4 Å². The largest absolute Gasteiger partial charge is 2.00 e. The monoisotopic (exact) mass is 471 g/mol. The summed E-state index contributed by atoms with van der Waals surface area (Å²) in [6.07, 6.45) is 7.49.